The molecule has 0 fully saturated rings. The lowest BCUT2D eigenvalue weighted by Crippen LogP contribution is -2.29. The molecule has 3 aromatic rings. The maximum absolute atomic E-state index is 14.5. The summed E-state index contributed by atoms with van der Waals surface area (Å²) in [6, 6.07) is 3.19. The Morgan fingerprint density at radius 3 is 3.00 bits per heavy atom. The zero-order valence-corrected chi connectivity index (χ0v) is 17.5. The lowest BCUT2D eigenvalue weighted by Gasteiger charge is -2.18. The predicted molar refractivity (Wildman–Crippen MR) is 113 cm³/mol. The van der Waals surface area contributed by atoms with Gasteiger partial charge in [0, 0.05) is 50.2 Å². The van der Waals surface area contributed by atoms with Crippen LogP contribution in [0.1, 0.15) is 42.3 Å². The summed E-state index contributed by atoms with van der Waals surface area (Å²) < 4.78 is 22.0. The van der Waals surface area contributed by atoms with Crippen LogP contribution in [0.3, 0.4) is 0 Å². The van der Waals surface area contributed by atoms with E-state index >= 15 is 0 Å². The lowest BCUT2D eigenvalue weighted by molar-refractivity contribution is -0.128. The second kappa shape index (κ2) is 8.09. The van der Waals surface area contributed by atoms with Gasteiger partial charge in [-0.05, 0) is 42.5 Å². The fraction of sp³-hybridized carbons (Fsp3) is 0.391. The largest absolute Gasteiger partial charge is 0.493 e. The van der Waals surface area contributed by atoms with Crippen LogP contribution in [0.5, 0.6) is 5.75 Å². The normalized spacial score (nSPS) is 16.1. The Balaban J connectivity index is 1.41. The Morgan fingerprint density at radius 1 is 1.23 bits per heavy atom. The van der Waals surface area contributed by atoms with Crippen molar-refractivity contribution in [3.05, 3.63) is 59.1 Å². The van der Waals surface area contributed by atoms with E-state index in [1.54, 1.807) is 19.3 Å². The number of amides is 1. The molecule has 0 spiro atoms. The highest BCUT2D eigenvalue weighted by Crippen LogP contribution is 2.31. The van der Waals surface area contributed by atoms with E-state index in [2.05, 4.69) is 21.3 Å². The first-order valence-corrected chi connectivity index (χ1v) is 10.7. The minimum Gasteiger partial charge on any atom is -0.493 e. The number of hydrogen-bond acceptors (Lipinski definition) is 5. The molecule has 31 heavy (non-hydrogen) atoms. The minimum atomic E-state index is -0.195. The first-order chi connectivity index (χ1) is 15.1. The summed E-state index contributed by atoms with van der Waals surface area (Å²) in [6.07, 6.45) is 9.06. The topological polar surface area (TPSA) is 72.6 Å². The molecule has 2 aliphatic rings. The molecule has 0 atom stereocenters. The van der Waals surface area contributed by atoms with Crippen molar-refractivity contribution in [2.45, 2.75) is 39.0 Å². The second-order valence-corrected chi connectivity index (χ2v) is 7.99. The monoisotopic (exact) mass is 421 g/mol. The number of benzene rings is 1. The second-order valence-electron chi connectivity index (χ2n) is 7.99. The fourth-order valence-electron chi connectivity index (χ4n) is 4.52. The van der Waals surface area contributed by atoms with Gasteiger partial charge in [0.2, 0.25) is 5.91 Å². The van der Waals surface area contributed by atoms with Crippen molar-refractivity contribution in [3.8, 4) is 5.75 Å². The number of carbonyl (C=O) groups excluding carboxylic acids is 1. The molecule has 7 nitrogen and oxygen atoms in total. The number of halogens is 1. The molecule has 0 saturated heterocycles. The van der Waals surface area contributed by atoms with Crippen LogP contribution >= 0.6 is 0 Å². The zero-order valence-electron chi connectivity index (χ0n) is 17.5. The van der Waals surface area contributed by atoms with Gasteiger partial charge < -0.3 is 9.64 Å². The van der Waals surface area contributed by atoms with E-state index in [-0.39, 0.29) is 11.7 Å². The van der Waals surface area contributed by atoms with Crippen LogP contribution in [0.4, 0.5) is 4.39 Å². The Labute approximate surface area is 179 Å². The van der Waals surface area contributed by atoms with E-state index < -0.39 is 0 Å². The van der Waals surface area contributed by atoms with Crippen LogP contribution in [0.2, 0.25) is 0 Å². The number of carbonyl (C=O) groups is 1. The van der Waals surface area contributed by atoms with Crippen molar-refractivity contribution in [2.24, 2.45) is 0 Å². The van der Waals surface area contributed by atoms with Crippen molar-refractivity contribution in [2.75, 3.05) is 19.7 Å². The van der Waals surface area contributed by atoms with Gasteiger partial charge in [-0.2, -0.15) is 0 Å². The molecule has 2 aliphatic heterocycles. The summed E-state index contributed by atoms with van der Waals surface area (Å²) >= 11 is 0. The van der Waals surface area contributed by atoms with E-state index in [1.165, 1.54) is 6.07 Å². The van der Waals surface area contributed by atoms with E-state index in [0.29, 0.717) is 31.6 Å². The number of aryl methyl sites for hydroxylation is 1. The molecule has 0 aliphatic carbocycles. The van der Waals surface area contributed by atoms with Crippen molar-refractivity contribution < 1.29 is 13.9 Å². The SMILES string of the molecule is CC(=O)N1CCC=C(c2cnc(CCc3c(F)ccc4c3CCO4)n3cnnc23)CC1. The third kappa shape index (κ3) is 3.66. The van der Waals surface area contributed by atoms with Gasteiger partial charge in [0.25, 0.3) is 0 Å². The molecular weight excluding hydrogens is 397 g/mol. The van der Waals surface area contributed by atoms with Gasteiger partial charge in [0.15, 0.2) is 5.65 Å². The van der Waals surface area contributed by atoms with Crippen LogP contribution in [-0.4, -0.2) is 50.1 Å². The smallest absolute Gasteiger partial charge is 0.219 e. The molecule has 0 unspecified atom stereocenters. The summed E-state index contributed by atoms with van der Waals surface area (Å²) in [6.45, 7) is 3.62. The number of aromatic nitrogens is 4. The number of nitrogens with zero attached hydrogens (tertiary/aromatic N) is 5. The molecule has 0 saturated carbocycles. The summed E-state index contributed by atoms with van der Waals surface area (Å²) in [5.74, 6) is 1.48. The molecule has 0 bridgehead atoms. The molecule has 160 valence electrons. The summed E-state index contributed by atoms with van der Waals surface area (Å²) in [5.41, 5.74) is 4.49. The standard InChI is InChI=1S/C23H24FN5O2/c1-15(30)28-10-2-3-16(8-11-28)19-13-25-22(29-14-26-27-23(19)29)7-4-17-18-9-12-31-21(18)6-5-20(17)24/h3,5-6,13-14H,2,4,7-12H2,1H3. The molecule has 0 radical (unpaired) electrons. The number of ether oxygens (including phenoxy) is 1. The summed E-state index contributed by atoms with van der Waals surface area (Å²) in [7, 11) is 0. The van der Waals surface area contributed by atoms with Crippen molar-refractivity contribution in [3.63, 3.8) is 0 Å². The van der Waals surface area contributed by atoms with Crippen molar-refractivity contribution >= 4 is 17.1 Å². The molecular formula is C23H24FN5O2. The molecule has 2 aromatic heterocycles. The third-order valence-corrected chi connectivity index (χ3v) is 6.18. The van der Waals surface area contributed by atoms with Crippen molar-refractivity contribution in [1.29, 1.82) is 0 Å². The number of fused-ring (bicyclic) bond motifs is 2. The Bertz CT molecular complexity index is 1190. The quantitative estimate of drug-likeness (QED) is 0.648. The Kier molecular flexibility index (Phi) is 5.13. The van der Waals surface area contributed by atoms with Crippen LogP contribution in [0.25, 0.3) is 11.2 Å². The predicted octanol–water partition coefficient (Wildman–Crippen LogP) is 3.01. The van der Waals surface area contributed by atoms with Gasteiger partial charge in [-0.1, -0.05) is 6.08 Å². The summed E-state index contributed by atoms with van der Waals surface area (Å²) in [5, 5.41) is 8.43. The zero-order chi connectivity index (χ0) is 21.4. The Hall–Kier alpha value is -3.29. The molecule has 1 amide bonds. The van der Waals surface area contributed by atoms with Gasteiger partial charge in [0.1, 0.15) is 23.7 Å². The van der Waals surface area contributed by atoms with E-state index in [9.17, 15) is 9.18 Å². The van der Waals surface area contributed by atoms with E-state index in [4.69, 9.17) is 4.74 Å². The number of rotatable bonds is 4. The first-order valence-electron chi connectivity index (χ1n) is 10.7. The van der Waals surface area contributed by atoms with Crippen LogP contribution in [0, 0.1) is 5.82 Å². The average molecular weight is 421 g/mol. The highest BCUT2D eigenvalue weighted by atomic mass is 19.1. The first kappa shape index (κ1) is 19.7. The van der Waals surface area contributed by atoms with Crippen molar-refractivity contribution in [1.82, 2.24) is 24.5 Å². The van der Waals surface area contributed by atoms with Crippen LogP contribution in [-0.2, 0) is 24.1 Å². The van der Waals surface area contributed by atoms with Gasteiger partial charge in [-0.25, -0.2) is 9.37 Å². The summed E-state index contributed by atoms with van der Waals surface area (Å²) in [4.78, 5) is 18.3. The van der Waals surface area contributed by atoms with Gasteiger partial charge in [0.05, 0.1) is 6.61 Å². The fourth-order valence-corrected chi connectivity index (χ4v) is 4.52. The molecule has 0 N–H and O–H groups in total. The van der Waals surface area contributed by atoms with Crippen LogP contribution < -0.4 is 4.74 Å². The molecule has 4 heterocycles. The van der Waals surface area contributed by atoms with E-state index in [1.807, 2.05) is 15.5 Å². The Morgan fingerprint density at radius 2 is 2.13 bits per heavy atom. The minimum absolute atomic E-state index is 0.0979. The van der Waals surface area contributed by atoms with E-state index in [0.717, 1.165) is 59.7 Å². The molecule has 1 aromatic carbocycles. The third-order valence-electron chi connectivity index (χ3n) is 6.18. The highest BCUT2D eigenvalue weighted by molar-refractivity contribution is 5.77. The highest BCUT2D eigenvalue weighted by Gasteiger charge is 2.21. The maximum atomic E-state index is 14.5. The average Bonchev–Trinajstić information content (AvgIpc) is 3.37. The van der Waals surface area contributed by atoms with Gasteiger partial charge in [-0.15, -0.1) is 10.2 Å². The molecule has 5 rings (SSSR count). The maximum Gasteiger partial charge on any atom is 0.219 e. The van der Waals surface area contributed by atoms with Crippen LogP contribution in [0.15, 0.2) is 30.7 Å². The van der Waals surface area contributed by atoms with Gasteiger partial charge in [-0.3, -0.25) is 9.20 Å². The lowest BCUT2D eigenvalue weighted by atomic mass is 9.99. The van der Waals surface area contributed by atoms with Gasteiger partial charge >= 0.3 is 0 Å². The molecule has 8 heteroatoms. The number of hydrogen-bond donors (Lipinski definition) is 0.